The van der Waals surface area contributed by atoms with Gasteiger partial charge in [0.05, 0.1) is 34.0 Å². The molecule has 0 spiro atoms. The van der Waals surface area contributed by atoms with Crippen molar-refractivity contribution in [3.8, 4) is 6.07 Å². The van der Waals surface area contributed by atoms with Crippen LogP contribution in [-0.2, 0) is 20.9 Å². The van der Waals surface area contributed by atoms with Crippen LogP contribution in [0.1, 0.15) is 45.1 Å². The molecule has 0 aliphatic rings. The van der Waals surface area contributed by atoms with Gasteiger partial charge in [-0.15, -0.1) is 11.3 Å². The SMILES string of the molecule is Cc1c(C#N)c(NC(=O)COC(=O)CCC(=O)c2ccc(Cl)s2)n(Cc2ccco2)c1C. The van der Waals surface area contributed by atoms with Crippen molar-refractivity contribution in [1.82, 2.24) is 4.57 Å². The number of amides is 1. The Hall–Kier alpha value is -3.35. The standard InChI is InChI=1S/C22H20ClN3O5S/c1-13-14(2)26(11-15-4-3-9-30-15)22(16(13)10-24)25-20(28)12-31-21(29)8-5-17(27)18-6-7-19(23)32-18/h3-4,6-7,9H,5,8,11-12H2,1-2H3,(H,25,28). The van der Waals surface area contributed by atoms with E-state index in [1.165, 1.54) is 0 Å². The van der Waals surface area contributed by atoms with Crippen LogP contribution in [0, 0.1) is 25.2 Å². The number of nitrogens with one attached hydrogen (secondary N) is 1. The molecule has 0 radical (unpaired) electrons. The van der Waals surface area contributed by atoms with Gasteiger partial charge in [-0.2, -0.15) is 5.26 Å². The van der Waals surface area contributed by atoms with Gasteiger partial charge in [-0.05, 0) is 43.7 Å². The molecular formula is C22H20ClN3O5S. The number of hydrogen-bond acceptors (Lipinski definition) is 7. The predicted octanol–water partition coefficient (Wildman–Crippen LogP) is 4.48. The number of carbonyl (C=O) groups is 3. The molecule has 166 valence electrons. The fourth-order valence-electron chi connectivity index (χ4n) is 3.08. The lowest BCUT2D eigenvalue weighted by atomic mass is 10.2. The average Bonchev–Trinajstić information content (AvgIpc) is 3.49. The third kappa shape index (κ3) is 5.46. The summed E-state index contributed by atoms with van der Waals surface area (Å²) in [6.07, 6.45) is 1.35. The molecule has 3 rings (SSSR count). The molecule has 0 fully saturated rings. The third-order valence-corrected chi connectivity index (χ3v) is 6.13. The number of furan rings is 1. The van der Waals surface area contributed by atoms with Crippen LogP contribution in [0.4, 0.5) is 5.82 Å². The zero-order chi connectivity index (χ0) is 23.3. The lowest BCUT2D eigenvalue weighted by Crippen LogP contribution is -2.23. The number of ketones is 1. The van der Waals surface area contributed by atoms with Gasteiger partial charge < -0.3 is 19.0 Å². The van der Waals surface area contributed by atoms with Crippen LogP contribution < -0.4 is 5.32 Å². The minimum Gasteiger partial charge on any atom is -0.467 e. The molecule has 3 aromatic heterocycles. The lowest BCUT2D eigenvalue weighted by molar-refractivity contribution is -0.147. The highest BCUT2D eigenvalue weighted by atomic mass is 35.5. The van der Waals surface area contributed by atoms with Crippen molar-refractivity contribution in [3.05, 3.63) is 62.3 Å². The number of nitriles is 1. The number of aromatic nitrogens is 1. The maximum atomic E-state index is 12.4. The molecule has 8 nitrogen and oxygen atoms in total. The van der Waals surface area contributed by atoms with Gasteiger partial charge in [-0.3, -0.25) is 14.4 Å². The maximum absolute atomic E-state index is 12.4. The smallest absolute Gasteiger partial charge is 0.306 e. The highest BCUT2D eigenvalue weighted by molar-refractivity contribution is 7.18. The van der Waals surface area contributed by atoms with Gasteiger partial charge in [0.1, 0.15) is 17.6 Å². The number of nitrogens with zero attached hydrogens (tertiary/aromatic N) is 2. The number of hydrogen-bond donors (Lipinski definition) is 1. The molecule has 0 aliphatic carbocycles. The summed E-state index contributed by atoms with van der Waals surface area (Å²) in [6, 6.07) is 8.86. The fourth-order valence-corrected chi connectivity index (χ4v) is 4.09. The Kier molecular flexibility index (Phi) is 7.51. The van der Waals surface area contributed by atoms with E-state index in [1.807, 2.05) is 6.92 Å². The molecule has 32 heavy (non-hydrogen) atoms. The summed E-state index contributed by atoms with van der Waals surface area (Å²) in [5.74, 6) is -0.515. The van der Waals surface area contributed by atoms with Crippen molar-refractivity contribution in [2.24, 2.45) is 0 Å². The minimum absolute atomic E-state index is 0.0414. The summed E-state index contributed by atoms with van der Waals surface area (Å²) in [7, 11) is 0. The average molecular weight is 474 g/mol. The Morgan fingerprint density at radius 3 is 2.66 bits per heavy atom. The zero-order valence-corrected chi connectivity index (χ0v) is 19.0. The largest absolute Gasteiger partial charge is 0.467 e. The summed E-state index contributed by atoms with van der Waals surface area (Å²) in [5.41, 5.74) is 1.87. The van der Waals surface area contributed by atoms with E-state index in [0.29, 0.717) is 32.9 Å². The van der Waals surface area contributed by atoms with E-state index in [4.69, 9.17) is 20.8 Å². The first-order valence-corrected chi connectivity index (χ1v) is 10.9. The molecule has 1 N–H and O–H groups in total. The van der Waals surface area contributed by atoms with Gasteiger partial charge in [0, 0.05) is 12.1 Å². The molecule has 0 aliphatic heterocycles. The number of thiophene rings is 1. The Morgan fingerprint density at radius 2 is 2.03 bits per heavy atom. The number of halogens is 1. The molecule has 0 saturated carbocycles. The van der Waals surface area contributed by atoms with E-state index < -0.39 is 18.5 Å². The Labute approximate surface area is 193 Å². The Bertz CT molecular complexity index is 1190. The van der Waals surface area contributed by atoms with E-state index in [1.54, 1.807) is 42.0 Å². The normalized spacial score (nSPS) is 10.6. The molecule has 0 saturated heterocycles. The van der Waals surface area contributed by atoms with Crippen molar-refractivity contribution in [2.75, 3.05) is 11.9 Å². The van der Waals surface area contributed by atoms with Crippen LogP contribution in [0.5, 0.6) is 0 Å². The number of carbonyl (C=O) groups excluding carboxylic acids is 3. The third-order valence-electron chi connectivity index (χ3n) is 4.86. The number of ether oxygens (including phenoxy) is 1. The van der Waals surface area contributed by atoms with Crippen LogP contribution in [-0.4, -0.2) is 28.8 Å². The van der Waals surface area contributed by atoms with Crippen LogP contribution in [0.15, 0.2) is 34.9 Å². The lowest BCUT2D eigenvalue weighted by Gasteiger charge is -2.12. The summed E-state index contributed by atoms with van der Waals surface area (Å²) in [4.78, 5) is 36.9. The Balaban J connectivity index is 1.58. The molecule has 1 amide bonds. The van der Waals surface area contributed by atoms with E-state index >= 15 is 0 Å². The van der Waals surface area contributed by atoms with Gasteiger partial charge in [0.25, 0.3) is 5.91 Å². The molecule has 0 bridgehead atoms. The second kappa shape index (κ2) is 10.3. The highest BCUT2D eigenvalue weighted by Gasteiger charge is 2.21. The topological polar surface area (TPSA) is 114 Å². The second-order valence-electron chi connectivity index (χ2n) is 6.95. The summed E-state index contributed by atoms with van der Waals surface area (Å²) in [5, 5.41) is 12.2. The van der Waals surface area contributed by atoms with Crippen LogP contribution >= 0.6 is 22.9 Å². The monoisotopic (exact) mass is 473 g/mol. The second-order valence-corrected chi connectivity index (χ2v) is 8.66. The van der Waals surface area contributed by atoms with Crippen molar-refractivity contribution in [3.63, 3.8) is 0 Å². The van der Waals surface area contributed by atoms with Crippen molar-refractivity contribution >= 4 is 46.4 Å². The van der Waals surface area contributed by atoms with Crippen molar-refractivity contribution in [1.29, 1.82) is 5.26 Å². The predicted molar refractivity (Wildman–Crippen MR) is 119 cm³/mol. The maximum Gasteiger partial charge on any atom is 0.306 e. The molecule has 3 heterocycles. The molecular weight excluding hydrogens is 454 g/mol. The number of rotatable bonds is 9. The first-order chi connectivity index (χ1) is 15.3. The molecule has 0 unspecified atom stereocenters. The zero-order valence-electron chi connectivity index (χ0n) is 17.4. The van der Waals surface area contributed by atoms with Crippen LogP contribution in [0.3, 0.4) is 0 Å². The summed E-state index contributed by atoms with van der Waals surface area (Å²) < 4.78 is 12.6. The minimum atomic E-state index is -0.671. The number of anilines is 1. The van der Waals surface area contributed by atoms with E-state index in [2.05, 4.69) is 11.4 Å². The van der Waals surface area contributed by atoms with Gasteiger partial charge in [-0.25, -0.2) is 0 Å². The van der Waals surface area contributed by atoms with E-state index in [-0.39, 0.29) is 18.6 Å². The molecule has 0 aromatic carbocycles. The quantitative estimate of drug-likeness (QED) is 0.362. The molecule has 3 aromatic rings. The van der Waals surface area contributed by atoms with Gasteiger partial charge in [0.15, 0.2) is 12.4 Å². The highest BCUT2D eigenvalue weighted by Crippen LogP contribution is 2.27. The van der Waals surface area contributed by atoms with E-state index in [9.17, 15) is 19.6 Å². The number of Topliss-reactive ketones (excluding diaryl/α,β-unsaturated/α-hetero) is 1. The molecule has 0 atom stereocenters. The molecule has 10 heteroatoms. The first-order valence-electron chi connectivity index (χ1n) is 9.66. The first kappa shape index (κ1) is 23.3. The Morgan fingerprint density at radius 1 is 1.25 bits per heavy atom. The van der Waals surface area contributed by atoms with Crippen molar-refractivity contribution in [2.45, 2.75) is 33.2 Å². The van der Waals surface area contributed by atoms with Crippen LogP contribution in [0.25, 0.3) is 0 Å². The van der Waals surface area contributed by atoms with Gasteiger partial charge in [-0.1, -0.05) is 11.6 Å². The van der Waals surface area contributed by atoms with E-state index in [0.717, 1.165) is 22.6 Å². The number of esters is 1. The van der Waals surface area contributed by atoms with Gasteiger partial charge >= 0.3 is 5.97 Å². The fraction of sp³-hybridized carbons (Fsp3) is 0.273. The van der Waals surface area contributed by atoms with Crippen LogP contribution in [0.2, 0.25) is 4.34 Å². The van der Waals surface area contributed by atoms with Crippen molar-refractivity contribution < 1.29 is 23.5 Å². The van der Waals surface area contributed by atoms with Gasteiger partial charge in [0.2, 0.25) is 0 Å². The summed E-state index contributed by atoms with van der Waals surface area (Å²) in [6.45, 7) is 3.42. The summed E-state index contributed by atoms with van der Waals surface area (Å²) >= 11 is 6.95.